The van der Waals surface area contributed by atoms with E-state index in [4.69, 9.17) is 5.26 Å². The summed E-state index contributed by atoms with van der Waals surface area (Å²) >= 11 is 0. The van der Waals surface area contributed by atoms with E-state index in [9.17, 15) is 13.2 Å². The highest BCUT2D eigenvalue weighted by Crippen LogP contribution is 2.27. The van der Waals surface area contributed by atoms with Crippen molar-refractivity contribution < 1.29 is 13.2 Å². The van der Waals surface area contributed by atoms with Crippen molar-refractivity contribution in [2.24, 2.45) is 0 Å². The van der Waals surface area contributed by atoms with E-state index in [-0.39, 0.29) is 16.8 Å². The summed E-state index contributed by atoms with van der Waals surface area (Å²) in [5.41, 5.74) is -0.00242. The number of nitriles is 1. The highest BCUT2D eigenvalue weighted by atomic mass is 19.1. The maximum atomic E-state index is 13.7. The fourth-order valence-corrected chi connectivity index (χ4v) is 1.63. The highest BCUT2D eigenvalue weighted by molar-refractivity contribution is 5.65. The minimum Gasteiger partial charge on any atom is -0.350 e. The van der Waals surface area contributed by atoms with E-state index in [1.54, 1.807) is 6.07 Å². The summed E-state index contributed by atoms with van der Waals surface area (Å²) in [7, 11) is 0. The maximum Gasteiger partial charge on any atom is 0.150 e. The number of nitrogens with one attached hydrogen (secondary N) is 1. The number of anilines is 2. The van der Waals surface area contributed by atoms with E-state index in [1.165, 1.54) is 25.1 Å². The molecular weight excluding hydrogens is 253 g/mol. The zero-order chi connectivity index (χ0) is 14.0. The zero-order valence-electron chi connectivity index (χ0n) is 9.97. The lowest BCUT2D eigenvalue weighted by Gasteiger charge is -2.11. The van der Waals surface area contributed by atoms with Gasteiger partial charge >= 0.3 is 0 Å². The number of benzene rings is 2. The van der Waals surface area contributed by atoms with Crippen molar-refractivity contribution in [1.82, 2.24) is 0 Å². The number of hydrogen-bond acceptors (Lipinski definition) is 2. The monoisotopic (exact) mass is 262 g/mol. The normalized spacial score (nSPS) is 10.1. The summed E-state index contributed by atoms with van der Waals surface area (Å²) in [6, 6.07) is 7.69. The molecule has 5 heteroatoms. The van der Waals surface area contributed by atoms with Gasteiger partial charge in [-0.05, 0) is 31.2 Å². The lowest BCUT2D eigenvalue weighted by Crippen LogP contribution is -2.01. The van der Waals surface area contributed by atoms with Gasteiger partial charge in [0, 0.05) is 11.3 Å². The van der Waals surface area contributed by atoms with Gasteiger partial charge in [-0.2, -0.15) is 5.26 Å². The number of rotatable bonds is 2. The van der Waals surface area contributed by atoms with Crippen LogP contribution in [-0.4, -0.2) is 0 Å². The van der Waals surface area contributed by atoms with E-state index in [1.807, 2.05) is 0 Å². The smallest absolute Gasteiger partial charge is 0.150 e. The summed E-state index contributed by atoms with van der Waals surface area (Å²) in [4.78, 5) is 0. The number of halogens is 3. The molecule has 96 valence electrons. The van der Waals surface area contributed by atoms with Crippen LogP contribution in [0.3, 0.4) is 0 Å². The van der Waals surface area contributed by atoms with Crippen molar-refractivity contribution in [3.8, 4) is 6.07 Å². The van der Waals surface area contributed by atoms with Crippen LogP contribution in [0.15, 0.2) is 30.3 Å². The second-order valence-corrected chi connectivity index (χ2v) is 3.96. The van der Waals surface area contributed by atoms with Crippen LogP contribution in [0.25, 0.3) is 0 Å². The molecule has 0 radical (unpaired) electrons. The van der Waals surface area contributed by atoms with Crippen molar-refractivity contribution in [1.29, 1.82) is 5.26 Å². The molecule has 0 heterocycles. The maximum absolute atomic E-state index is 13.7. The topological polar surface area (TPSA) is 35.8 Å². The van der Waals surface area contributed by atoms with Crippen LogP contribution < -0.4 is 5.32 Å². The molecule has 2 aromatic rings. The fourth-order valence-electron chi connectivity index (χ4n) is 1.63. The van der Waals surface area contributed by atoms with Gasteiger partial charge in [0.15, 0.2) is 11.6 Å². The molecule has 2 aromatic carbocycles. The Morgan fingerprint density at radius 2 is 1.68 bits per heavy atom. The molecule has 0 aliphatic rings. The standard InChI is InChI=1S/C14H9F3N2/c1-8-10(15)3-2-4-13(8)19-14-11(16)5-9(7-18)6-12(14)17/h2-6,19H,1H3. The van der Waals surface area contributed by atoms with Gasteiger partial charge in [0.1, 0.15) is 11.5 Å². The van der Waals surface area contributed by atoms with E-state index in [0.717, 1.165) is 12.1 Å². The van der Waals surface area contributed by atoms with Crippen LogP contribution in [0.2, 0.25) is 0 Å². The lowest BCUT2D eigenvalue weighted by atomic mass is 10.1. The predicted octanol–water partition coefficient (Wildman–Crippen LogP) is 4.03. The third-order valence-electron chi connectivity index (χ3n) is 2.70. The van der Waals surface area contributed by atoms with Crippen molar-refractivity contribution >= 4 is 11.4 Å². The van der Waals surface area contributed by atoms with Gasteiger partial charge in [-0.1, -0.05) is 6.07 Å². The SMILES string of the molecule is Cc1c(F)cccc1Nc1c(F)cc(C#N)cc1F. The van der Waals surface area contributed by atoms with Gasteiger partial charge in [-0.15, -0.1) is 0 Å². The minimum atomic E-state index is -0.903. The minimum absolute atomic E-state index is 0.114. The van der Waals surface area contributed by atoms with Crippen LogP contribution in [0.5, 0.6) is 0 Å². The van der Waals surface area contributed by atoms with Gasteiger partial charge in [0.25, 0.3) is 0 Å². The Morgan fingerprint density at radius 1 is 1.05 bits per heavy atom. The second-order valence-electron chi connectivity index (χ2n) is 3.96. The summed E-state index contributed by atoms with van der Waals surface area (Å²) < 4.78 is 40.7. The average molecular weight is 262 g/mol. The molecular formula is C14H9F3N2. The Hall–Kier alpha value is -2.48. The van der Waals surface area contributed by atoms with Gasteiger partial charge in [-0.3, -0.25) is 0 Å². The van der Waals surface area contributed by atoms with Gasteiger partial charge in [-0.25, -0.2) is 13.2 Å². The molecule has 0 atom stereocenters. The lowest BCUT2D eigenvalue weighted by molar-refractivity contribution is 0.589. The van der Waals surface area contributed by atoms with Gasteiger partial charge in [0.2, 0.25) is 0 Å². The molecule has 0 aliphatic carbocycles. The quantitative estimate of drug-likeness (QED) is 0.887. The molecule has 1 N–H and O–H groups in total. The molecule has 0 saturated carbocycles. The first-order valence-corrected chi connectivity index (χ1v) is 5.44. The molecule has 0 spiro atoms. The van der Waals surface area contributed by atoms with Crippen LogP contribution in [0.4, 0.5) is 24.5 Å². The third kappa shape index (κ3) is 2.52. The molecule has 2 rings (SSSR count). The Balaban J connectivity index is 2.45. The molecule has 0 aromatic heterocycles. The first kappa shape index (κ1) is 13.0. The van der Waals surface area contributed by atoms with Crippen LogP contribution in [0, 0.1) is 35.7 Å². The van der Waals surface area contributed by atoms with Gasteiger partial charge < -0.3 is 5.32 Å². The van der Waals surface area contributed by atoms with Crippen molar-refractivity contribution in [2.45, 2.75) is 6.92 Å². The van der Waals surface area contributed by atoms with E-state index >= 15 is 0 Å². The average Bonchev–Trinajstić information content (AvgIpc) is 2.38. The number of hydrogen-bond donors (Lipinski definition) is 1. The molecule has 19 heavy (non-hydrogen) atoms. The van der Waals surface area contributed by atoms with Crippen molar-refractivity contribution in [2.75, 3.05) is 5.32 Å². The van der Waals surface area contributed by atoms with Crippen LogP contribution in [0.1, 0.15) is 11.1 Å². The second kappa shape index (κ2) is 5.02. The van der Waals surface area contributed by atoms with E-state index < -0.39 is 23.1 Å². The summed E-state index contributed by atoms with van der Waals surface area (Å²) in [5.74, 6) is -2.28. The molecule has 0 unspecified atom stereocenters. The highest BCUT2D eigenvalue weighted by Gasteiger charge is 2.13. The fraction of sp³-hybridized carbons (Fsp3) is 0.0714. The number of nitrogens with zero attached hydrogens (tertiary/aromatic N) is 1. The Bertz CT molecular complexity index is 652. The summed E-state index contributed by atoms with van der Waals surface area (Å²) in [5, 5.41) is 11.1. The van der Waals surface area contributed by atoms with Crippen LogP contribution >= 0.6 is 0 Å². The molecule has 0 saturated heterocycles. The Kier molecular flexibility index (Phi) is 3.43. The first-order valence-electron chi connectivity index (χ1n) is 5.44. The van der Waals surface area contributed by atoms with Crippen LogP contribution in [-0.2, 0) is 0 Å². The molecule has 2 nitrogen and oxygen atoms in total. The van der Waals surface area contributed by atoms with E-state index in [0.29, 0.717) is 0 Å². The molecule has 0 amide bonds. The summed E-state index contributed by atoms with van der Waals surface area (Å²) in [6.45, 7) is 1.50. The van der Waals surface area contributed by atoms with Crippen molar-refractivity contribution in [3.05, 3.63) is 58.9 Å². The molecule has 0 aliphatic heterocycles. The van der Waals surface area contributed by atoms with Gasteiger partial charge in [0.05, 0.1) is 11.6 Å². The summed E-state index contributed by atoms with van der Waals surface area (Å²) in [6.07, 6.45) is 0. The Morgan fingerprint density at radius 3 is 2.26 bits per heavy atom. The third-order valence-corrected chi connectivity index (χ3v) is 2.70. The van der Waals surface area contributed by atoms with E-state index in [2.05, 4.69) is 5.32 Å². The Labute approximate surface area is 108 Å². The molecule has 0 bridgehead atoms. The molecule has 0 fully saturated rings. The zero-order valence-corrected chi connectivity index (χ0v) is 9.97. The largest absolute Gasteiger partial charge is 0.350 e. The first-order chi connectivity index (χ1) is 9.02. The van der Waals surface area contributed by atoms with Crippen molar-refractivity contribution in [3.63, 3.8) is 0 Å². The predicted molar refractivity (Wildman–Crippen MR) is 65.5 cm³/mol.